The van der Waals surface area contributed by atoms with Gasteiger partial charge in [-0.25, -0.2) is 0 Å². The number of nitro benzene ring substituents is 1. The first-order chi connectivity index (χ1) is 10.1. The molecular formula is C15H16ClN3O3. The Balaban J connectivity index is 0.00000242. The number of nitrogen functional groups attached to an aromatic ring is 1. The van der Waals surface area contributed by atoms with Crippen molar-refractivity contribution in [2.75, 3.05) is 0 Å². The van der Waals surface area contributed by atoms with Gasteiger partial charge in [-0.1, -0.05) is 18.2 Å². The molecule has 0 heterocycles. The summed E-state index contributed by atoms with van der Waals surface area (Å²) in [5, 5.41) is 17.9. The number of amidine groups is 1. The van der Waals surface area contributed by atoms with Gasteiger partial charge in [0.25, 0.3) is 5.69 Å². The second kappa shape index (κ2) is 8.11. The highest BCUT2D eigenvalue weighted by molar-refractivity contribution is 5.95. The van der Waals surface area contributed by atoms with Crippen LogP contribution < -0.4 is 5.73 Å². The van der Waals surface area contributed by atoms with E-state index in [1.54, 1.807) is 24.3 Å². The molecule has 7 heteroatoms. The van der Waals surface area contributed by atoms with E-state index in [0.29, 0.717) is 18.8 Å². The van der Waals surface area contributed by atoms with Crippen LogP contribution in [0.25, 0.3) is 0 Å². The van der Waals surface area contributed by atoms with Crippen molar-refractivity contribution in [2.24, 2.45) is 5.73 Å². The molecule has 0 aliphatic heterocycles. The quantitative estimate of drug-likeness (QED) is 0.369. The molecule has 0 saturated carbocycles. The van der Waals surface area contributed by atoms with Crippen LogP contribution in [0.5, 0.6) is 0 Å². The molecule has 0 bridgehead atoms. The van der Waals surface area contributed by atoms with Crippen LogP contribution in [0, 0.1) is 15.5 Å². The van der Waals surface area contributed by atoms with Crippen LogP contribution in [0.1, 0.15) is 16.7 Å². The fourth-order valence-corrected chi connectivity index (χ4v) is 1.83. The number of rotatable bonds is 6. The monoisotopic (exact) mass is 321 g/mol. The smallest absolute Gasteiger partial charge is 0.269 e. The van der Waals surface area contributed by atoms with Crippen molar-refractivity contribution < 1.29 is 9.66 Å². The first kappa shape index (κ1) is 17.6. The van der Waals surface area contributed by atoms with Crippen molar-refractivity contribution in [3.05, 3.63) is 75.3 Å². The molecule has 0 fully saturated rings. The van der Waals surface area contributed by atoms with Crippen molar-refractivity contribution in [3.8, 4) is 0 Å². The lowest BCUT2D eigenvalue weighted by molar-refractivity contribution is -0.384. The van der Waals surface area contributed by atoms with Crippen molar-refractivity contribution in [3.63, 3.8) is 0 Å². The molecule has 2 aromatic carbocycles. The first-order valence-corrected chi connectivity index (χ1v) is 6.30. The fraction of sp³-hybridized carbons (Fsp3) is 0.133. The van der Waals surface area contributed by atoms with E-state index in [9.17, 15) is 10.1 Å². The van der Waals surface area contributed by atoms with Crippen molar-refractivity contribution in [1.82, 2.24) is 0 Å². The van der Waals surface area contributed by atoms with Crippen molar-refractivity contribution >= 4 is 23.9 Å². The number of nitrogens with one attached hydrogen (secondary N) is 1. The standard InChI is InChI=1S/C15H15N3O3.ClH/c16-15(17)13-3-1-2-12(8-13)10-21-9-11-4-6-14(7-5-11)18(19)20;/h1-8H,9-10H2,(H3,16,17);1H. The zero-order chi connectivity index (χ0) is 15.2. The molecule has 0 aliphatic rings. The number of non-ortho nitro benzene ring substituents is 1. The topological polar surface area (TPSA) is 102 Å². The molecule has 0 radical (unpaired) electrons. The lowest BCUT2D eigenvalue weighted by Crippen LogP contribution is -2.11. The van der Waals surface area contributed by atoms with Gasteiger partial charge in [-0.15, -0.1) is 12.4 Å². The van der Waals surface area contributed by atoms with Crippen molar-refractivity contribution in [1.29, 1.82) is 5.41 Å². The second-order valence-corrected chi connectivity index (χ2v) is 4.53. The van der Waals surface area contributed by atoms with E-state index in [-0.39, 0.29) is 23.9 Å². The first-order valence-electron chi connectivity index (χ1n) is 6.30. The Labute approximate surface area is 134 Å². The zero-order valence-corrected chi connectivity index (χ0v) is 12.5. The number of nitro groups is 1. The Bertz CT molecular complexity index is 659. The summed E-state index contributed by atoms with van der Waals surface area (Å²) in [6.45, 7) is 0.750. The molecule has 6 nitrogen and oxygen atoms in total. The number of benzene rings is 2. The predicted molar refractivity (Wildman–Crippen MR) is 86.3 cm³/mol. The maximum absolute atomic E-state index is 10.5. The van der Waals surface area contributed by atoms with Gasteiger partial charge in [-0.3, -0.25) is 15.5 Å². The Morgan fingerprint density at radius 1 is 1.14 bits per heavy atom. The zero-order valence-electron chi connectivity index (χ0n) is 11.7. The summed E-state index contributed by atoms with van der Waals surface area (Å²) < 4.78 is 5.56. The summed E-state index contributed by atoms with van der Waals surface area (Å²) in [5.41, 5.74) is 7.94. The van der Waals surface area contributed by atoms with Crippen LogP contribution in [0.2, 0.25) is 0 Å². The number of hydrogen-bond donors (Lipinski definition) is 2. The van der Waals surface area contributed by atoms with Gasteiger partial charge >= 0.3 is 0 Å². The largest absolute Gasteiger partial charge is 0.384 e. The summed E-state index contributed by atoms with van der Waals surface area (Å²) in [6.07, 6.45) is 0. The molecule has 0 saturated heterocycles. The second-order valence-electron chi connectivity index (χ2n) is 4.53. The summed E-state index contributed by atoms with van der Waals surface area (Å²) in [5.74, 6) is 0.0206. The van der Waals surface area contributed by atoms with Gasteiger partial charge in [0.05, 0.1) is 18.1 Å². The molecule has 3 N–H and O–H groups in total. The highest BCUT2D eigenvalue weighted by Gasteiger charge is 2.04. The third kappa shape index (κ3) is 4.83. The van der Waals surface area contributed by atoms with E-state index in [4.69, 9.17) is 15.9 Å². The minimum absolute atomic E-state index is 0. The molecule has 0 spiro atoms. The average Bonchev–Trinajstić information content (AvgIpc) is 2.48. The number of ether oxygens (including phenoxy) is 1. The molecular weight excluding hydrogens is 306 g/mol. The Morgan fingerprint density at radius 3 is 2.36 bits per heavy atom. The lowest BCUT2D eigenvalue weighted by Gasteiger charge is -2.06. The molecule has 2 rings (SSSR count). The normalized spacial score (nSPS) is 9.82. The highest BCUT2D eigenvalue weighted by Crippen LogP contribution is 2.13. The molecule has 0 unspecified atom stereocenters. The minimum Gasteiger partial charge on any atom is -0.384 e. The van der Waals surface area contributed by atoms with Crippen LogP contribution in [0.4, 0.5) is 5.69 Å². The highest BCUT2D eigenvalue weighted by atomic mass is 35.5. The third-order valence-electron chi connectivity index (χ3n) is 2.92. The molecule has 0 aromatic heterocycles. The van der Waals surface area contributed by atoms with E-state index in [0.717, 1.165) is 11.1 Å². The number of hydrogen-bond acceptors (Lipinski definition) is 4. The van der Waals surface area contributed by atoms with Gasteiger partial charge in [0.15, 0.2) is 0 Å². The average molecular weight is 322 g/mol. The molecule has 0 amide bonds. The van der Waals surface area contributed by atoms with Gasteiger partial charge in [0.2, 0.25) is 0 Å². The van der Waals surface area contributed by atoms with Crippen LogP contribution in [-0.2, 0) is 18.0 Å². The predicted octanol–water partition coefficient (Wildman–Crippen LogP) is 3.02. The van der Waals surface area contributed by atoms with E-state index < -0.39 is 4.92 Å². The molecule has 22 heavy (non-hydrogen) atoms. The van der Waals surface area contributed by atoms with Crippen LogP contribution in [0.3, 0.4) is 0 Å². The summed E-state index contributed by atoms with van der Waals surface area (Å²) in [4.78, 5) is 10.1. The maximum Gasteiger partial charge on any atom is 0.269 e. The Kier molecular flexibility index (Phi) is 6.49. The fourth-order valence-electron chi connectivity index (χ4n) is 1.83. The summed E-state index contributed by atoms with van der Waals surface area (Å²) in [6, 6.07) is 13.5. The van der Waals surface area contributed by atoms with Gasteiger partial charge in [-0.2, -0.15) is 0 Å². The Hall–Kier alpha value is -2.44. The van der Waals surface area contributed by atoms with E-state index in [1.807, 2.05) is 12.1 Å². The molecule has 0 aliphatic carbocycles. The van der Waals surface area contributed by atoms with Crippen molar-refractivity contribution in [2.45, 2.75) is 13.2 Å². The lowest BCUT2D eigenvalue weighted by atomic mass is 10.1. The molecule has 0 atom stereocenters. The van der Waals surface area contributed by atoms with Gasteiger partial charge in [0.1, 0.15) is 5.84 Å². The SMILES string of the molecule is Cl.N=C(N)c1cccc(COCc2ccc([N+](=O)[O-])cc2)c1. The van der Waals surface area contributed by atoms with Gasteiger partial charge in [-0.05, 0) is 29.3 Å². The number of nitrogens with two attached hydrogens (primary N) is 1. The van der Waals surface area contributed by atoms with E-state index >= 15 is 0 Å². The molecule has 116 valence electrons. The van der Waals surface area contributed by atoms with Gasteiger partial charge < -0.3 is 10.5 Å². The third-order valence-corrected chi connectivity index (χ3v) is 2.92. The van der Waals surface area contributed by atoms with E-state index in [2.05, 4.69) is 0 Å². The van der Waals surface area contributed by atoms with Crippen LogP contribution in [0.15, 0.2) is 48.5 Å². The molecule has 2 aromatic rings. The van der Waals surface area contributed by atoms with E-state index in [1.165, 1.54) is 12.1 Å². The summed E-state index contributed by atoms with van der Waals surface area (Å²) >= 11 is 0. The minimum atomic E-state index is -0.433. The Morgan fingerprint density at radius 2 is 1.77 bits per heavy atom. The summed E-state index contributed by atoms with van der Waals surface area (Å²) in [7, 11) is 0. The number of halogens is 1. The van der Waals surface area contributed by atoms with Crippen LogP contribution in [-0.4, -0.2) is 10.8 Å². The maximum atomic E-state index is 10.5. The van der Waals surface area contributed by atoms with Gasteiger partial charge in [0, 0.05) is 17.7 Å². The van der Waals surface area contributed by atoms with Crippen LogP contribution >= 0.6 is 12.4 Å². The number of nitrogens with zero attached hydrogens (tertiary/aromatic N) is 1.